The number of hydrogen-bond acceptors (Lipinski definition) is 6. The summed E-state index contributed by atoms with van der Waals surface area (Å²) in [5, 5.41) is 32.9. The van der Waals surface area contributed by atoms with E-state index >= 15 is 0 Å². The first-order chi connectivity index (χ1) is 17.2. The molecular formula is C27H40BN3O5. The first-order valence-electron chi connectivity index (χ1n) is 12.0. The average molecular weight is 497 g/mol. The van der Waals surface area contributed by atoms with Crippen LogP contribution in [0.5, 0.6) is 0 Å². The molecule has 4 N–H and O–H groups in total. The molecule has 1 unspecified atom stereocenters. The second-order valence-electron chi connectivity index (χ2n) is 8.63. The molecule has 0 saturated carbocycles. The van der Waals surface area contributed by atoms with E-state index in [-0.39, 0.29) is 6.44 Å². The van der Waals surface area contributed by atoms with Crippen molar-refractivity contribution in [1.82, 2.24) is 10.6 Å². The van der Waals surface area contributed by atoms with E-state index in [1.54, 1.807) is 0 Å². The standard InChI is InChI=1S/C10H13N.C10H8.C4H10.C2H6BNO3.CH3NO2/c1-2-4-9(5-3-1)10-6-7-11-8-10;1-2-6-10-8-4-3-7-9(10)5-1;1-4(2)3;5-2-4-1-3(6)7;1-2(3)4/h1-5,10-11H,6-8H2;1-8H;4H,1-3H3;2,6-7H,1H2,(H,4,5);1H3. The predicted octanol–water partition coefficient (Wildman–Crippen LogP) is 3.90. The summed E-state index contributed by atoms with van der Waals surface area (Å²) in [5.41, 5.74) is 1.48. The molecule has 0 bridgehead atoms. The molecule has 0 radical (unpaired) electrons. The van der Waals surface area contributed by atoms with Crippen LogP contribution in [0.1, 0.15) is 38.7 Å². The molecule has 4 rings (SSSR count). The Kier molecular flexibility index (Phi) is 19.1. The molecule has 196 valence electrons. The molecule has 3 aromatic carbocycles. The van der Waals surface area contributed by atoms with Crippen molar-refractivity contribution >= 4 is 24.3 Å². The van der Waals surface area contributed by atoms with Gasteiger partial charge in [0.2, 0.25) is 6.41 Å². The van der Waals surface area contributed by atoms with Crippen molar-refractivity contribution in [2.45, 2.75) is 33.1 Å². The maximum Gasteiger partial charge on any atom is 0.472 e. The minimum Gasteiger partial charge on any atom is -0.426 e. The first-order valence-corrected chi connectivity index (χ1v) is 12.0. The highest BCUT2D eigenvalue weighted by atomic mass is 16.6. The number of hydrogen-bond donors (Lipinski definition) is 4. The Balaban J connectivity index is 0.000000454. The number of carbonyl (C=O) groups excluding carboxylic acids is 1. The topological polar surface area (TPSA) is 125 Å². The van der Waals surface area contributed by atoms with Gasteiger partial charge in [-0.3, -0.25) is 14.9 Å². The van der Waals surface area contributed by atoms with Crippen molar-refractivity contribution in [3.8, 4) is 0 Å². The van der Waals surface area contributed by atoms with E-state index in [0.717, 1.165) is 25.4 Å². The van der Waals surface area contributed by atoms with Crippen LogP contribution in [0, 0.1) is 16.0 Å². The lowest BCUT2D eigenvalue weighted by Gasteiger charge is -2.06. The molecular weight excluding hydrogens is 457 g/mol. The number of nitro groups is 1. The van der Waals surface area contributed by atoms with E-state index in [1.165, 1.54) is 29.3 Å². The minimum atomic E-state index is -1.44. The lowest BCUT2D eigenvalue weighted by molar-refractivity contribution is -0.445. The van der Waals surface area contributed by atoms with Gasteiger partial charge in [-0.15, -0.1) is 0 Å². The SMILES string of the molecule is CC(C)C.C[N+](=O)[O-].O=CNCB(O)O.c1ccc(C2CCNC2)cc1.c1ccc2ccccc2c1. The van der Waals surface area contributed by atoms with Crippen LogP contribution < -0.4 is 10.6 Å². The number of benzene rings is 3. The summed E-state index contributed by atoms with van der Waals surface area (Å²) in [7, 11) is -0.551. The summed E-state index contributed by atoms with van der Waals surface area (Å²) < 4.78 is 0. The number of carbonyl (C=O) groups is 1. The Morgan fingerprint density at radius 1 is 1.00 bits per heavy atom. The second kappa shape index (κ2) is 21.1. The van der Waals surface area contributed by atoms with E-state index in [9.17, 15) is 4.79 Å². The summed E-state index contributed by atoms with van der Waals surface area (Å²) in [6.45, 7) is 8.84. The maximum absolute atomic E-state index is 9.38. The lowest BCUT2D eigenvalue weighted by Crippen LogP contribution is -2.29. The monoisotopic (exact) mass is 497 g/mol. The van der Waals surface area contributed by atoms with Gasteiger partial charge in [0.15, 0.2) is 7.05 Å². The highest BCUT2D eigenvalue weighted by Crippen LogP contribution is 2.21. The van der Waals surface area contributed by atoms with Crippen molar-refractivity contribution in [3.63, 3.8) is 0 Å². The smallest absolute Gasteiger partial charge is 0.426 e. The van der Waals surface area contributed by atoms with Crippen molar-refractivity contribution in [3.05, 3.63) is 94.5 Å². The molecule has 0 aromatic heterocycles. The van der Waals surface area contributed by atoms with Gasteiger partial charge in [-0.05, 0) is 41.1 Å². The quantitative estimate of drug-likeness (QED) is 0.188. The molecule has 1 amide bonds. The van der Waals surface area contributed by atoms with Gasteiger partial charge in [-0.2, -0.15) is 0 Å². The highest BCUT2D eigenvalue weighted by Gasteiger charge is 2.15. The Bertz CT molecular complexity index is 880. The third-order valence-corrected chi connectivity index (χ3v) is 4.37. The molecule has 1 aliphatic rings. The molecule has 1 atom stereocenters. The third kappa shape index (κ3) is 19.1. The normalized spacial score (nSPS) is 13.2. The molecule has 1 saturated heterocycles. The van der Waals surface area contributed by atoms with Crippen LogP contribution in [-0.2, 0) is 4.79 Å². The molecule has 3 aromatic rings. The van der Waals surface area contributed by atoms with Crippen LogP contribution in [0.25, 0.3) is 10.8 Å². The first kappa shape index (κ1) is 32.7. The van der Waals surface area contributed by atoms with Crippen molar-refractivity contribution in [2.24, 2.45) is 5.92 Å². The molecule has 36 heavy (non-hydrogen) atoms. The average Bonchev–Trinajstić information content (AvgIpc) is 3.39. The molecule has 0 aliphatic carbocycles. The van der Waals surface area contributed by atoms with Gasteiger partial charge in [-0.25, -0.2) is 0 Å². The van der Waals surface area contributed by atoms with E-state index in [2.05, 4.69) is 110 Å². The third-order valence-electron chi connectivity index (χ3n) is 4.37. The molecule has 8 nitrogen and oxygen atoms in total. The molecule has 1 heterocycles. The fourth-order valence-electron chi connectivity index (χ4n) is 2.95. The van der Waals surface area contributed by atoms with Gasteiger partial charge >= 0.3 is 7.12 Å². The lowest BCUT2D eigenvalue weighted by atomic mass is 9.93. The van der Waals surface area contributed by atoms with Crippen LogP contribution in [0.4, 0.5) is 0 Å². The van der Waals surface area contributed by atoms with Crippen molar-refractivity contribution < 1.29 is 19.8 Å². The summed E-state index contributed by atoms with van der Waals surface area (Å²) in [6, 6.07) is 27.5. The van der Waals surface area contributed by atoms with Crippen molar-refractivity contribution in [1.29, 1.82) is 0 Å². The highest BCUT2D eigenvalue weighted by molar-refractivity contribution is 6.41. The summed E-state index contributed by atoms with van der Waals surface area (Å²) in [4.78, 5) is 17.7. The fraction of sp³-hybridized carbons (Fsp3) is 0.370. The van der Waals surface area contributed by atoms with Gasteiger partial charge in [0.1, 0.15) is 0 Å². The van der Waals surface area contributed by atoms with Crippen LogP contribution >= 0.6 is 0 Å². The summed E-state index contributed by atoms with van der Waals surface area (Å²) >= 11 is 0. The Morgan fingerprint density at radius 3 is 1.72 bits per heavy atom. The van der Waals surface area contributed by atoms with Crippen molar-refractivity contribution in [2.75, 3.05) is 26.6 Å². The molecule has 0 spiro atoms. The van der Waals surface area contributed by atoms with Crippen LogP contribution in [0.15, 0.2) is 78.9 Å². The minimum absolute atomic E-state index is 0.108. The van der Waals surface area contributed by atoms with E-state index in [1.807, 2.05) is 0 Å². The van der Waals surface area contributed by atoms with Crippen LogP contribution in [0.3, 0.4) is 0 Å². The zero-order valence-corrected chi connectivity index (χ0v) is 21.7. The Labute approximate surface area is 215 Å². The Morgan fingerprint density at radius 2 is 1.42 bits per heavy atom. The largest absolute Gasteiger partial charge is 0.472 e. The summed E-state index contributed by atoms with van der Waals surface area (Å²) in [6.07, 6.45) is 1.59. The number of rotatable bonds is 4. The van der Waals surface area contributed by atoms with E-state index < -0.39 is 12.0 Å². The van der Waals surface area contributed by atoms with Gasteiger partial charge in [-0.1, -0.05) is 99.6 Å². The maximum atomic E-state index is 9.38. The predicted molar refractivity (Wildman–Crippen MR) is 148 cm³/mol. The van der Waals surface area contributed by atoms with Crippen LogP contribution in [-0.4, -0.2) is 55.1 Å². The van der Waals surface area contributed by atoms with Gasteiger partial charge in [0, 0.05) is 11.5 Å². The number of amides is 1. The zero-order chi connectivity index (χ0) is 27.2. The number of nitrogens with zero attached hydrogens (tertiary/aromatic N) is 1. The second-order valence-corrected chi connectivity index (χ2v) is 8.63. The van der Waals surface area contributed by atoms with Gasteiger partial charge < -0.3 is 20.7 Å². The van der Waals surface area contributed by atoms with E-state index in [4.69, 9.17) is 20.2 Å². The molecule has 1 fully saturated rings. The number of fused-ring (bicyclic) bond motifs is 1. The van der Waals surface area contributed by atoms with Gasteiger partial charge in [0.25, 0.3) is 0 Å². The summed E-state index contributed by atoms with van der Waals surface area (Å²) in [5.74, 6) is 1.59. The molecule has 9 heteroatoms. The fourth-order valence-corrected chi connectivity index (χ4v) is 2.95. The molecule has 1 aliphatic heterocycles. The van der Waals surface area contributed by atoms with Crippen LogP contribution in [0.2, 0.25) is 0 Å². The Hall–Kier alpha value is -3.27. The number of nitrogens with one attached hydrogen (secondary N) is 2. The van der Waals surface area contributed by atoms with E-state index in [0.29, 0.717) is 6.41 Å². The zero-order valence-electron chi connectivity index (χ0n) is 21.7. The van der Waals surface area contributed by atoms with Gasteiger partial charge in [0.05, 0.1) is 6.44 Å².